The number of para-hydroxylation sites is 1. The van der Waals surface area contributed by atoms with Crippen LogP contribution in [0.1, 0.15) is 18.1 Å². The molecule has 1 N–H and O–H groups in total. The molecule has 88 valence electrons. The number of furan rings is 1. The van der Waals surface area contributed by atoms with Crippen LogP contribution in [-0.4, -0.2) is 19.6 Å². The van der Waals surface area contributed by atoms with Gasteiger partial charge in [-0.05, 0) is 12.1 Å². The molecule has 1 amide bonds. The van der Waals surface area contributed by atoms with E-state index < -0.39 is 0 Å². The molecule has 1 aromatic heterocycles. The zero-order valence-electron chi connectivity index (χ0n) is 9.53. The largest absolute Gasteiger partial charge is 0.493 e. The lowest BCUT2D eigenvalue weighted by molar-refractivity contribution is -0.119. The van der Waals surface area contributed by atoms with Gasteiger partial charge in [0.1, 0.15) is 5.76 Å². The van der Waals surface area contributed by atoms with Crippen LogP contribution in [0.2, 0.25) is 0 Å². The summed E-state index contributed by atoms with van der Waals surface area (Å²) in [6, 6.07) is 7.77. The Hall–Kier alpha value is -1.97. The van der Waals surface area contributed by atoms with Crippen molar-refractivity contribution in [3.63, 3.8) is 0 Å². The van der Waals surface area contributed by atoms with E-state index in [1.54, 1.807) is 7.11 Å². The Morgan fingerprint density at radius 1 is 1.47 bits per heavy atom. The maximum absolute atomic E-state index is 11.2. The Balaban J connectivity index is 2.04. The third kappa shape index (κ3) is 1.65. The SMILES string of the molecule is COc1cccc2cc(C3CNC(=O)C3)oc12. The molecule has 0 bridgehead atoms. The van der Waals surface area contributed by atoms with Crippen LogP contribution in [0, 0.1) is 0 Å². The average Bonchev–Trinajstić information content (AvgIpc) is 2.93. The minimum atomic E-state index is 0.0856. The van der Waals surface area contributed by atoms with Crippen LogP contribution in [0.3, 0.4) is 0 Å². The highest BCUT2D eigenvalue weighted by atomic mass is 16.5. The van der Waals surface area contributed by atoms with Crippen molar-refractivity contribution in [3.05, 3.63) is 30.0 Å². The summed E-state index contributed by atoms with van der Waals surface area (Å²) in [4.78, 5) is 11.2. The fraction of sp³-hybridized carbons (Fsp3) is 0.308. The van der Waals surface area contributed by atoms with Gasteiger partial charge in [0, 0.05) is 24.3 Å². The molecule has 0 aliphatic carbocycles. The molecule has 1 aliphatic rings. The van der Waals surface area contributed by atoms with Gasteiger partial charge in [-0.15, -0.1) is 0 Å². The summed E-state index contributed by atoms with van der Waals surface area (Å²) in [6.45, 7) is 0.654. The van der Waals surface area contributed by atoms with E-state index in [0.29, 0.717) is 13.0 Å². The van der Waals surface area contributed by atoms with Crippen LogP contribution in [-0.2, 0) is 4.79 Å². The number of carbonyl (C=O) groups is 1. The van der Waals surface area contributed by atoms with Gasteiger partial charge in [-0.1, -0.05) is 12.1 Å². The fourth-order valence-corrected chi connectivity index (χ4v) is 2.22. The predicted molar refractivity (Wildman–Crippen MR) is 63.1 cm³/mol. The Kier molecular flexibility index (Phi) is 2.28. The first kappa shape index (κ1) is 10.2. The van der Waals surface area contributed by atoms with Gasteiger partial charge in [-0.2, -0.15) is 0 Å². The van der Waals surface area contributed by atoms with Gasteiger partial charge >= 0.3 is 0 Å². The normalized spacial score (nSPS) is 19.6. The lowest BCUT2D eigenvalue weighted by atomic mass is 10.1. The van der Waals surface area contributed by atoms with E-state index in [0.717, 1.165) is 22.5 Å². The van der Waals surface area contributed by atoms with Crippen molar-refractivity contribution in [1.82, 2.24) is 5.32 Å². The highest BCUT2D eigenvalue weighted by molar-refractivity contribution is 5.84. The maximum Gasteiger partial charge on any atom is 0.220 e. The van der Waals surface area contributed by atoms with E-state index in [4.69, 9.17) is 9.15 Å². The highest BCUT2D eigenvalue weighted by Gasteiger charge is 2.26. The zero-order chi connectivity index (χ0) is 11.8. The molecule has 3 rings (SSSR count). The summed E-state index contributed by atoms with van der Waals surface area (Å²) in [7, 11) is 1.62. The van der Waals surface area contributed by atoms with Crippen molar-refractivity contribution in [3.8, 4) is 5.75 Å². The van der Waals surface area contributed by atoms with Crippen molar-refractivity contribution in [2.75, 3.05) is 13.7 Å². The van der Waals surface area contributed by atoms with Gasteiger partial charge in [-0.25, -0.2) is 0 Å². The average molecular weight is 231 g/mol. The summed E-state index contributed by atoms with van der Waals surface area (Å²) < 4.78 is 11.1. The van der Waals surface area contributed by atoms with Crippen molar-refractivity contribution >= 4 is 16.9 Å². The topological polar surface area (TPSA) is 51.5 Å². The fourth-order valence-electron chi connectivity index (χ4n) is 2.22. The molecular weight excluding hydrogens is 218 g/mol. The number of hydrogen-bond acceptors (Lipinski definition) is 3. The van der Waals surface area contributed by atoms with Crippen LogP contribution in [0.5, 0.6) is 5.75 Å². The Bertz CT molecular complexity index is 573. The lowest BCUT2D eigenvalue weighted by Crippen LogP contribution is -2.13. The standard InChI is InChI=1S/C13H13NO3/c1-16-10-4-2-3-8-5-11(17-13(8)10)9-6-12(15)14-7-9/h2-5,9H,6-7H2,1H3,(H,14,15). The summed E-state index contributed by atoms with van der Waals surface area (Å²) in [5, 5.41) is 3.82. The van der Waals surface area contributed by atoms with Crippen molar-refractivity contribution in [2.24, 2.45) is 0 Å². The van der Waals surface area contributed by atoms with Crippen molar-refractivity contribution < 1.29 is 13.9 Å². The van der Waals surface area contributed by atoms with E-state index in [1.165, 1.54) is 0 Å². The Morgan fingerprint density at radius 3 is 3.06 bits per heavy atom. The maximum atomic E-state index is 11.2. The minimum Gasteiger partial charge on any atom is -0.493 e. The molecule has 0 saturated carbocycles. The molecule has 2 heterocycles. The van der Waals surface area contributed by atoms with E-state index in [9.17, 15) is 4.79 Å². The third-order valence-electron chi connectivity index (χ3n) is 3.13. The number of rotatable bonds is 2. The highest BCUT2D eigenvalue weighted by Crippen LogP contribution is 2.33. The summed E-state index contributed by atoms with van der Waals surface area (Å²) in [5.74, 6) is 1.80. The van der Waals surface area contributed by atoms with Crippen LogP contribution in [0.25, 0.3) is 11.0 Å². The molecule has 1 fully saturated rings. The molecule has 4 nitrogen and oxygen atoms in total. The first-order chi connectivity index (χ1) is 8.28. The molecule has 4 heteroatoms. The molecule has 1 atom stereocenters. The molecule has 1 aromatic carbocycles. The van der Waals surface area contributed by atoms with E-state index in [2.05, 4.69) is 5.32 Å². The Labute approximate surface area is 98.6 Å². The second-order valence-corrected chi connectivity index (χ2v) is 4.23. The molecule has 2 aromatic rings. The van der Waals surface area contributed by atoms with Gasteiger partial charge < -0.3 is 14.5 Å². The molecular formula is C13H13NO3. The van der Waals surface area contributed by atoms with Crippen LogP contribution < -0.4 is 10.1 Å². The number of benzene rings is 1. The number of methoxy groups -OCH3 is 1. The monoisotopic (exact) mass is 231 g/mol. The predicted octanol–water partition coefficient (Wildman–Crippen LogP) is 2.04. The van der Waals surface area contributed by atoms with Crippen molar-refractivity contribution in [1.29, 1.82) is 0 Å². The number of fused-ring (bicyclic) bond motifs is 1. The molecule has 0 spiro atoms. The van der Waals surface area contributed by atoms with E-state index >= 15 is 0 Å². The molecule has 17 heavy (non-hydrogen) atoms. The minimum absolute atomic E-state index is 0.0856. The second-order valence-electron chi connectivity index (χ2n) is 4.23. The van der Waals surface area contributed by atoms with E-state index in [1.807, 2.05) is 24.3 Å². The van der Waals surface area contributed by atoms with Gasteiger partial charge in [0.2, 0.25) is 5.91 Å². The summed E-state index contributed by atoms with van der Waals surface area (Å²) in [5.41, 5.74) is 0.754. The number of nitrogens with one attached hydrogen (secondary N) is 1. The lowest BCUT2D eigenvalue weighted by Gasteiger charge is -2.01. The number of ether oxygens (including phenoxy) is 1. The van der Waals surface area contributed by atoms with E-state index in [-0.39, 0.29) is 11.8 Å². The molecule has 0 radical (unpaired) electrons. The molecule has 1 unspecified atom stereocenters. The zero-order valence-corrected chi connectivity index (χ0v) is 9.53. The van der Waals surface area contributed by atoms with Crippen LogP contribution in [0.15, 0.2) is 28.7 Å². The Morgan fingerprint density at radius 2 is 2.35 bits per heavy atom. The third-order valence-corrected chi connectivity index (χ3v) is 3.13. The second kappa shape index (κ2) is 3.80. The van der Waals surface area contributed by atoms with Crippen LogP contribution in [0.4, 0.5) is 0 Å². The summed E-state index contributed by atoms with van der Waals surface area (Å²) >= 11 is 0. The number of hydrogen-bond donors (Lipinski definition) is 1. The van der Waals surface area contributed by atoms with Gasteiger partial charge in [0.15, 0.2) is 11.3 Å². The molecule has 1 saturated heterocycles. The first-order valence-electron chi connectivity index (χ1n) is 5.61. The van der Waals surface area contributed by atoms with Gasteiger partial charge in [0.25, 0.3) is 0 Å². The smallest absolute Gasteiger partial charge is 0.220 e. The number of amides is 1. The van der Waals surface area contributed by atoms with Crippen LogP contribution >= 0.6 is 0 Å². The van der Waals surface area contributed by atoms with Crippen molar-refractivity contribution in [2.45, 2.75) is 12.3 Å². The first-order valence-corrected chi connectivity index (χ1v) is 5.61. The van der Waals surface area contributed by atoms with Gasteiger partial charge in [0.05, 0.1) is 7.11 Å². The number of carbonyl (C=O) groups excluding carboxylic acids is 1. The summed E-state index contributed by atoms with van der Waals surface area (Å²) in [6.07, 6.45) is 0.502. The van der Waals surface area contributed by atoms with Gasteiger partial charge in [-0.3, -0.25) is 4.79 Å². The quantitative estimate of drug-likeness (QED) is 0.860. The molecule has 1 aliphatic heterocycles.